The normalized spacial score (nSPS) is 10.1. The van der Waals surface area contributed by atoms with Crippen LogP contribution in [0.3, 0.4) is 0 Å². The van der Waals surface area contributed by atoms with E-state index in [1.807, 2.05) is 0 Å². The molecule has 1 aromatic carbocycles. The van der Waals surface area contributed by atoms with E-state index < -0.39 is 10.7 Å². The van der Waals surface area contributed by atoms with Crippen molar-refractivity contribution >= 4 is 17.3 Å². The average molecular weight is 285 g/mol. The Morgan fingerprint density at radius 3 is 2.85 bits per heavy atom. The van der Waals surface area contributed by atoms with Gasteiger partial charge in [0, 0.05) is 38.8 Å². The van der Waals surface area contributed by atoms with Crippen molar-refractivity contribution in [1.29, 1.82) is 0 Å². The molecule has 110 valence electrons. The SMILES string of the molecule is COCCNC(=O)CCNc1cc(F)ccc1[N+](=O)[O-]. The number of methoxy groups -OCH3 is 1. The molecule has 0 aliphatic rings. The molecule has 7 nitrogen and oxygen atoms in total. The predicted octanol–water partition coefficient (Wildman–Crippen LogP) is 1.30. The second-order valence-electron chi connectivity index (χ2n) is 3.94. The number of nitro groups is 1. The molecule has 0 aromatic heterocycles. The molecule has 0 heterocycles. The van der Waals surface area contributed by atoms with Crippen LogP contribution in [0.5, 0.6) is 0 Å². The number of carbonyl (C=O) groups is 1. The zero-order valence-electron chi connectivity index (χ0n) is 11.0. The number of benzene rings is 1. The molecule has 1 aromatic rings. The highest BCUT2D eigenvalue weighted by Gasteiger charge is 2.14. The maximum absolute atomic E-state index is 13.0. The first-order valence-electron chi connectivity index (χ1n) is 5.98. The Morgan fingerprint density at radius 2 is 2.20 bits per heavy atom. The highest BCUT2D eigenvalue weighted by molar-refractivity contribution is 5.76. The number of nitrogens with zero attached hydrogens (tertiary/aromatic N) is 1. The Hall–Kier alpha value is -2.22. The zero-order valence-corrected chi connectivity index (χ0v) is 11.0. The van der Waals surface area contributed by atoms with Crippen molar-refractivity contribution in [3.05, 3.63) is 34.1 Å². The highest BCUT2D eigenvalue weighted by atomic mass is 19.1. The summed E-state index contributed by atoms with van der Waals surface area (Å²) in [6, 6.07) is 3.12. The number of ether oxygens (including phenoxy) is 1. The van der Waals surface area contributed by atoms with Gasteiger partial charge in [-0.25, -0.2) is 4.39 Å². The second kappa shape index (κ2) is 8.05. The Morgan fingerprint density at radius 1 is 1.45 bits per heavy atom. The third-order valence-electron chi connectivity index (χ3n) is 2.45. The summed E-state index contributed by atoms with van der Waals surface area (Å²) < 4.78 is 17.8. The van der Waals surface area contributed by atoms with E-state index in [0.29, 0.717) is 13.2 Å². The van der Waals surface area contributed by atoms with Crippen LogP contribution in [-0.2, 0) is 9.53 Å². The van der Waals surface area contributed by atoms with E-state index in [-0.39, 0.29) is 30.2 Å². The van der Waals surface area contributed by atoms with E-state index in [9.17, 15) is 19.3 Å². The van der Waals surface area contributed by atoms with Gasteiger partial charge in [-0.2, -0.15) is 0 Å². The lowest BCUT2D eigenvalue weighted by atomic mass is 10.2. The first-order valence-corrected chi connectivity index (χ1v) is 5.98. The van der Waals surface area contributed by atoms with Crippen molar-refractivity contribution in [2.75, 3.05) is 32.1 Å². The number of anilines is 1. The number of halogens is 1. The molecule has 0 saturated carbocycles. The van der Waals surface area contributed by atoms with Gasteiger partial charge in [-0.15, -0.1) is 0 Å². The first kappa shape index (κ1) is 15.8. The fraction of sp³-hybridized carbons (Fsp3) is 0.417. The predicted molar refractivity (Wildman–Crippen MR) is 71.0 cm³/mol. The van der Waals surface area contributed by atoms with Crippen LogP contribution >= 0.6 is 0 Å². The molecule has 0 fully saturated rings. The molecule has 8 heteroatoms. The molecule has 0 aliphatic heterocycles. The van der Waals surface area contributed by atoms with Crippen LogP contribution in [0.2, 0.25) is 0 Å². The van der Waals surface area contributed by atoms with Crippen LogP contribution in [0.15, 0.2) is 18.2 Å². The fourth-order valence-electron chi connectivity index (χ4n) is 1.50. The standard InChI is InChI=1S/C12H16FN3O4/c1-20-7-6-15-12(17)4-5-14-10-8-9(13)2-3-11(10)16(18)19/h2-3,8,14H,4-7H2,1H3,(H,15,17). The molecule has 0 spiro atoms. The van der Waals surface area contributed by atoms with E-state index in [2.05, 4.69) is 10.6 Å². The van der Waals surface area contributed by atoms with Crippen molar-refractivity contribution in [2.45, 2.75) is 6.42 Å². The summed E-state index contributed by atoms with van der Waals surface area (Å²) in [5, 5.41) is 16.0. The van der Waals surface area contributed by atoms with E-state index in [1.54, 1.807) is 0 Å². The average Bonchev–Trinajstić information content (AvgIpc) is 2.38. The topological polar surface area (TPSA) is 93.5 Å². The van der Waals surface area contributed by atoms with Gasteiger partial charge in [-0.1, -0.05) is 0 Å². The summed E-state index contributed by atoms with van der Waals surface area (Å²) in [6.45, 7) is 0.979. The third-order valence-corrected chi connectivity index (χ3v) is 2.45. The number of amides is 1. The minimum Gasteiger partial charge on any atom is -0.383 e. The third kappa shape index (κ3) is 5.19. The minimum atomic E-state index is -0.611. The van der Waals surface area contributed by atoms with Crippen LogP contribution in [0.4, 0.5) is 15.8 Å². The summed E-state index contributed by atoms with van der Waals surface area (Å²) in [6.07, 6.45) is 0.122. The van der Waals surface area contributed by atoms with Gasteiger partial charge in [0.05, 0.1) is 11.5 Å². The maximum atomic E-state index is 13.0. The summed E-state index contributed by atoms with van der Waals surface area (Å²) in [4.78, 5) is 21.5. The van der Waals surface area contributed by atoms with Gasteiger partial charge in [-0.05, 0) is 6.07 Å². The van der Waals surface area contributed by atoms with Crippen molar-refractivity contribution in [1.82, 2.24) is 5.32 Å². The molecular weight excluding hydrogens is 269 g/mol. The van der Waals surface area contributed by atoms with Gasteiger partial charge in [-0.3, -0.25) is 14.9 Å². The van der Waals surface area contributed by atoms with Crippen LogP contribution in [0.1, 0.15) is 6.42 Å². The number of nitrogens with one attached hydrogen (secondary N) is 2. The van der Waals surface area contributed by atoms with E-state index in [0.717, 1.165) is 18.2 Å². The molecule has 0 unspecified atom stereocenters. The lowest BCUT2D eigenvalue weighted by molar-refractivity contribution is -0.384. The second-order valence-corrected chi connectivity index (χ2v) is 3.94. The Labute approximate surface area is 115 Å². The molecule has 0 saturated heterocycles. The van der Waals surface area contributed by atoms with Crippen molar-refractivity contribution in [3.8, 4) is 0 Å². The molecule has 20 heavy (non-hydrogen) atoms. The molecule has 1 rings (SSSR count). The highest BCUT2D eigenvalue weighted by Crippen LogP contribution is 2.24. The summed E-state index contributed by atoms with van der Waals surface area (Å²) in [5.41, 5.74) is -0.175. The van der Waals surface area contributed by atoms with Crippen LogP contribution in [0, 0.1) is 15.9 Å². The molecule has 0 radical (unpaired) electrons. The van der Waals surface area contributed by atoms with Gasteiger partial charge >= 0.3 is 0 Å². The fourth-order valence-corrected chi connectivity index (χ4v) is 1.50. The van der Waals surface area contributed by atoms with Crippen LogP contribution in [0.25, 0.3) is 0 Å². The largest absolute Gasteiger partial charge is 0.383 e. The quantitative estimate of drug-likeness (QED) is 0.426. The van der Waals surface area contributed by atoms with E-state index in [4.69, 9.17) is 4.74 Å². The smallest absolute Gasteiger partial charge is 0.292 e. The molecular formula is C12H16FN3O4. The molecule has 0 bridgehead atoms. The number of rotatable bonds is 8. The number of carbonyl (C=O) groups excluding carboxylic acids is 1. The van der Waals surface area contributed by atoms with E-state index in [1.165, 1.54) is 7.11 Å². The molecule has 1 amide bonds. The monoisotopic (exact) mass is 285 g/mol. The van der Waals surface area contributed by atoms with Crippen molar-refractivity contribution in [3.63, 3.8) is 0 Å². The van der Waals surface area contributed by atoms with Gasteiger partial charge in [0.15, 0.2) is 0 Å². The summed E-state index contributed by atoms with van der Waals surface area (Å²) >= 11 is 0. The number of nitro benzene ring substituents is 1. The van der Waals surface area contributed by atoms with Crippen LogP contribution < -0.4 is 10.6 Å². The number of hydrogen-bond acceptors (Lipinski definition) is 5. The van der Waals surface area contributed by atoms with Crippen molar-refractivity contribution < 1.29 is 18.8 Å². The van der Waals surface area contributed by atoms with Crippen molar-refractivity contribution in [2.24, 2.45) is 0 Å². The lowest BCUT2D eigenvalue weighted by Gasteiger charge is -2.08. The van der Waals surface area contributed by atoms with E-state index >= 15 is 0 Å². The zero-order chi connectivity index (χ0) is 15.0. The molecule has 0 atom stereocenters. The Kier molecular flexibility index (Phi) is 6.38. The van der Waals surface area contributed by atoms with Gasteiger partial charge in [0.1, 0.15) is 11.5 Å². The van der Waals surface area contributed by atoms with Gasteiger partial charge < -0.3 is 15.4 Å². The van der Waals surface area contributed by atoms with Crippen LogP contribution in [-0.4, -0.2) is 37.6 Å². The molecule has 2 N–H and O–H groups in total. The maximum Gasteiger partial charge on any atom is 0.292 e. The first-order chi connectivity index (χ1) is 9.54. The lowest BCUT2D eigenvalue weighted by Crippen LogP contribution is -2.28. The Bertz CT molecular complexity index is 482. The van der Waals surface area contributed by atoms with Gasteiger partial charge in [0.2, 0.25) is 5.91 Å². The Balaban J connectivity index is 2.47. The summed E-state index contributed by atoms with van der Waals surface area (Å²) in [5.74, 6) is -0.795. The summed E-state index contributed by atoms with van der Waals surface area (Å²) in [7, 11) is 1.52. The molecule has 0 aliphatic carbocycles. The number of hydrogen-bond donors (Lipinski definition) is 2. The minimum absolute atomic E-state index is 0.0553. The van der Waals surface area contributed by atoms with Gasteiger partial charge in [0.25, 0.3) is 5.69 Å².